The number of piperidine rings is 1. The molecule has 0 radical (unpaired) electrons. The van der Waals surface area contributed by atoms with Crippen molar-refractivity contribution in [3.63, 3.8) is 0 Å². The molecule has 4 rings (SSSR count). The average molecular weight is 398 g/mol. The van der Waals surface area contributed by atoms with E-state index in [1.165, 1.54) is 4.70 Å². The van der Waals surface area contributed by atoms with Gasteiger partial charge in [0, 0.05) is 24.8 Å². The van der Waals surface area contributed by atoms with E-state index in [0.29, 0.717) is 23.7 Å². The Morgan fingerprint density at radius 3 is 2.79 bits per heavy atom. The van der Waals surface area contributed by atoms with Gasteiger partial charge in [0.15, 0.2) is 16.6 Å². The maximum absolute atomic E-state index is 12.8. The molecule has 0 saturated carbocycles. The molecule has 1 aromatic heterocycles. The highest BCUT2D eigenvalue weighted by atomic mass is 32.1. The van der Waals surface area contributed by atoms with E-state index in [0.717, 1.165) is 30.0 Å². The molecule has 2 heterocycles. The van der Waals surface area contributed by atoms with E-state index >= 15 is 0 Å². The van der Waals surface area contributed by atoms with Crippen LogP contribution < -0.4 is 19.7 Å². The third kappa shape index (κ3) is 3.75. The highest BCUT2D eigenvalue weighted by Crippen LogP contribution is 2.33. The first-order valence-corrected chi connectivity index (χ1v) is 10.1. The van der Waals surface area contributed by atoms with Crippen LogP contribution in [0.2, 0.25) is 0 Å². The normalized spacial score (nSPS) is 16.8. The summed E-state index contributed by atoms with van der Waals surface area (Å²) in [4.78, 5) is 19.8. The zero-order valence-electron chi connectivity index (χ0n) is 16.0. The fraction of sp³-hybridized carbons (Fsp3) is 0.333. The topological polar surface area (TPSA) is 63.7 Å². The number of benzene rings is 2. The molecule has 1 fully saturated rings. The highest BCUT2D eigenvalue weighted by Gasteiger charge is 2.27. The van der Waals surface area contributed by atoms with Gasteiger partial charge in [0.25, 0.3) is 0 Å². The maximum atomic E-state index is 12.8. The lowest BCUT2D eigenvalue weighted by molar-refractivity contribution is -0.120. The lowest BCUT2D eigenvalue weighted by Crippen LogP contribution is -2.40. The standard InChI is InChI=1S/C21H23N3O3S/c1-26-17-10-9-15(12-18(17)27-2)22-20(25)14-6-5-11-24(13-14)21-23-16-7-3-4-8-19(16)28-21/h3-4,7-10,12,14H,5-6,11,13H2,1-2H3,(H,22,25). The van der Waals surface area contributed by atoms with E-state index < -0.39 is 0 Å². The zero-order chi connectivity index (χ0) is 19.5. The zero-order valence-corrected chi connectivity index (χ0v) is 16.8. The largest absolute Gasteiger partial charge is 0.493 e. The number of aromatic nitrogens is 1. The van der Waals surface area contributed by atoms with Gasteiger partial charge in [-0.1, -0.05) is 23.5 Å². The van der Waals surface area contributed by atoms with Crippen LogP contribution in [0.3, 0.4) is 0 Å². The van der Waals surface area contributed by atoms with Crippen LogP contribution in [0.25, 0.3) is 10.2 Å². The summed E-state index contributed by atoms with van der Waals surface area (Å²) in [6.07, 6.45) is 1.85. The molecule has 2 aromatic carbocycles. The summed E-state index contributed by atoms with van der Waals surface area (Å²) in [7, 11) is 3.18. The van der Waals surface area contributed by atoms with Crippen LogP contribution in [-0.2, 0) is 4.79 Å². The second-order valence-corrected chi connectivity index (χ2v) is 7.82. The number of nitrogens with zero attached hydrogens (tertiary/aromatic N) is 2. The Morgan fingerprint density at radius 2 is 2.00 bits per heavy atom. The minimum Gasteiger partial charge on any atom is -0.493 e. The molecule has 1 unspecified atom stereocenters. The predicted octanol–water partition coefficient (Wildman–Crippen LogP) is 4.17. The SMILES string of the molecule is COc1ccc(NC(=O)C2CCCN(c3nc4ccccc4s3)C2)cc1OC. The number of nitrogens with one attached hydrogen (secondary N) is 1. The van der Waals surface area contributed by atoms with Crippen molar-refractivity contribution >= 4 is 38.3 Å². The molecule has 3 aromatic rings. The number of carbonyl (C=O) groups is 1. The van der Waals surface area contributed by atoms with Crippen molar-refractivity contribution in [1.82, 2.24) is 4.98 Å². The Bertz CT molecular complexity index is 955. The van der Waals surface area contributed by atoms with Gasteiger partial charge in [-0.3, -0.25) is 4.79 Å². The van der Waals surface area contributed by atoms with Crippen LogP contribution in [0.4, 0.5) is 10.8 Å². The van der Waals surface area contributed by atoms with Crippen molar-refractivity contribution in [2.45, 2.75) is 12.8 Å². The molecule has 6 nitrogen and oxygen atoms in total. The minimum absolute atomic E-state index is 0.0260. The summed E-state index contributed by atoms with van der Waals surface area (Å²) in [5.41, 5.74) is 1.72. The maximum Gasteiger partial charge on any atom is 0.229 e. The van der Waals surface area contributed by atoms with Crippen molar-refractivity contribution in [3.05, 3.63) is 42.5 Å². The van der Waals surface area contributed by atoms with Gasteiger partial charge in [-0.25, -0.2) is 4.98 Å². The Balaban J connectivity index is 1.46. The van der Waals surface area contributed by atoms with Crippen LogP contribution in [0, 0.1) is 5.92 Å². The quantitative estimate of drug-likeness (QED) is 0.700. The fourth-order valence-electron chi connectivity index (χ4n) is 3.52. The van der Waals surface area contributed by atoms with Gasteiger partial charge in [-0.2, -0.15) is 0 Å². The molecule has 146 valence electrons. The van der Waals surface area contributed by atoms with Gasteiger partial charge in [-0.15, -0.1) is 0 Å². The fourth-order valence-corrected chi connectivity index (χ4v) is 4.52. The number of methoxy groups -OCH3 is 2. The van der Waals surface area contributed by atoms with E-state index in [4.69, 9.17) is 14.5 Å². The molecule has 1 amide bonds. The molecule has 1 aliphatic heterocycles. The Morgan fingerprint density at radius 1 is 1.18 bits per heavy atom. The first-order chi connectivity index (χ1) is 13.7. The summed E-state index contributed by atoms with van der Waals surface area (Å²) < 4.78 is 11.7. The number of para-hydroxylation sites is 1. The highest BCUT2D eigenvalue weighted by molar-refractivity contribution is 7.22. The number of hydrogen-bond donors (Lipinski definition) is 1. The lowest BCUT2D eigenvalue weighted by Gasteiger charge is -2.31. The number of ether oxygens (including phenoxy) is 2. The number of hydrogen-bond acceptors (Lipinski definition) is 6. The first kappa shape index (κ1) is 18.6. The molecule has 1 aliphatic rings. The van der Waals surface area contributed by atoms with Crippen LogP contribution in [0.1, 0.15) is 12.8 Å². The Hall–Kier alpha value is -2.80. The van der Waals surface area contributed by atoms with Crippen molar-refractivity contribution in [2.24, 2.45) is 5.92 Å². The average Bonchev–Trinajstić information content (AvgIpc) is 3.18. The molecule has 0 aliphatic carbocycles. The Labute approximate surface area is 168 Å². The molecule has 28 heavy (non-hydrogen) atoms. The molecular weight excluding hydrogens is 374 g/mol. The van der Waals surface area contributed by atoms with Gasteiger partial charge in [0.05, 0.1) is 30.4 Å². The predicted molar refractivity (Wildman–Crippen MR) is 113 cm³/mol. The second kappa shape index (κ2) is 8.06. The second-order valence-electron chi connectivity index (χ2n) is 6.81. The summed E-state index contributed by atoms with van der Waals surface area (Å²) in [5, 5.41) is 4.01. The molecule has 7 heteroatoms. The van der Waals surface area contributed by atoms with E-state index in [-0.39, 0.29) is 11.8 Å². The monoisotopic (exact) mass is 397 g/mol. The van der Waals surface area contributed by atoms with Gasteiger partial charge in [-0.05, 0) is 37.1 Å². The molecule has 1 N–H and O–H groups in total. The third-order valence-electron chi connectivity index (χ3n) is 5.00. The van der Waals surface area contributed by atoms with Gasteiger partial charge in [0.1, 0.15) is 0 Å². The number of anilines is 2. The molecule has 1 atom stereocenters. The number of thiazole rings is 1. The number of amides is 1. The Kier molecular flexibility index (Phi) is 5.34. The minimum atomic E-state index is -0.0751. The molecule has 1 saturated heterocycles. The van der Waals surface area contributed by atoms with Gasteiger partial charge >= 0.3 is 0 Å². The summed E-state index contributed by atoms with van der Waals surface area (Å²) in [6, 6.07) is 13.5. The van der Waals surface area contributed by atoms with Crippen LogP contribution in [0.5, 0.6) is 11.5 Å². The van der Waals surface area contributed by atoms with Crippen molar-refractivity contribution < 1.29 is 14.3 Å². The van der Waals surface area contributed by atoms with Crippen LogP contribution in [-0.4, -0.2) is 38.2 Å². The van der Waals surface area contributed by atoms with Crippen LogP contribution in [0.15, 0.2) is 42.5 Å². The summed E-state index contributed by atoms with van der Waals surface area (Å²) in [6.45, 7) is 1.61. The first-order valence-electron chi connectivity index (χ1n) is 9.31. The molecular formula is C21H23N3O3S. The summed E-state index contributed by atoms with van der Waals surface area (Å²) >= 11 is 1.68. The van der Waals surface area contributed by atoms with E-state index in [1.54, 1.807) is 37.7 Å². The molecule has 0 bridgehead atoms. The van der Waals surface area contributed by atoms with Gasteiger partial charge < -0.3 is 19.7 Å². The third-order valence-corrected chi connectivity index (χ3v) is 6.09. The van der Waals surface area contributed by atoms with Crippen molar-refractivity contribution in [3.8, 4) is 11.5 Å². The van der Waals surface area contributed by atoms with E-state index in [1.807, 2.05) is 24.3 Å². The van der Waals surface area contributed by atoms with Crippen molar-refractivity contribution in [2.75, 3.05) is 37.5 Å². The lowest BCUT2D eigenvalue weighted by atomic mass is 9.97. The van der Waals surface area contributed by atoms with Gasteiger partial charge in [0.2, 0.25) is 5.91 Å². The van der Waals surface area contributed by atoms with E-state index in [2.05, 4.69) is 16.3 Å². The molecule has 0 spiro atoms. The van der Waals surface area contributed by atoms with Crippen LogP contribution >= 0.6 is 11.3 Å². The van der Waals surface area contributed by atoms with Crippen molar-refractivity contribution in [1.29, 1.82) is 0 Å². The smallest absolute Gasteiger partial charge is 0.229 e. The number of fused-ring (bicyclic) bond motifs is 1. The summed E-state index contributed by atoms with van der Waals surface area (Å²) in [5.74, 6) is 1.19. The number of carbonyl (C=O) groups excluding carboxylic acids is 1. The van der Waals surface area contributed by atoms with E-state index in [9.17, 15) is 4.79 Å². The number of rotatable bonds is 5.